The SMILES string of the molecule is CC(C)COc1ccccc1NCC(=O)NCc1ccc(OC(C)C)cc1. The maximum Gasteiger partial charge on any atom is 0.239 e. The van der Waals surface area contributed by atoms with Gasteiger partial charge in [-0.15, -0.1) is 0 Å². The van der Waals surface area contributed by atoms with E-state index in [9.17, 15) is 4.79 Å². The van der Waals surface area contributed by atoms with E-state index in [-0.39, 0.29) is 18.6 Å². The molecular weight excluding hydrogens is 340 g/mol. The number of nitrogens with one attached hydrogen (secondary N) is 2. The maximum atomic E-state index is 12.1. The van der Waals surface area contributed by atoms with Gasteiger partial charge in [0.2, 0.25) is 5.91 Å². The van der Waals surface area contributed by atoms with E-state index in [1.165, 1.54) is 0 Å². The molecule has 2 aromatic carbocycles. The average molecular weight is 370 g/mol. The van der Waals surface area contributed by atoms with Crippen molar-refractivity contribution in [3.05, 3.63) is 54.1 Å². The highest BCUT2D eigenvalue weighted by Crippen LogP contribution is 2.24. The Morgan fingerprint density at radius 2 is 1.70 bits per heavy atom. The van der Waals surface area contributed by atoms with Crippen LogP contribution < -0.4 is 20.1 Å². The van der Waals surface area contributed by atoms with Crippen molar-refractivity contribution in [2.24, 2.45) is 5.92 Å². The molecule has 27 heavy (non-hydrogen) atoms. The molecule has 0 radical (unpaired) electrons. The van der Waals surface area contributed by atoms with Crippen molar-refractivity contribution in [3.63, 3.8) is 0 Å². The monoisotopic (exact) mass is 370 g/mol. The molecule has 0 aromatic heterocycles. The molecule has 1 amide bonds. The minimum Gasteiger partial charge on any atom is -0.491 e. The molecule has 0 bridgehead atoms. The van der Waals surface area contributed by atoms with Gasteiger partial charge in [0.1, 0.15) is 11.5 Å². The van der Waals surface area contributed by atoms with Crippen LogP contribution in [0, 0.1) is 5.92 Å². The minimum atomic E-state index is -0.0730. The van der Waals surface area contributed by atoms with Crippen molar-refractivity contribution < 1.29 is 14.3 Å². The van der Waals surface area contributed by atoms with Crippen molar-refractivity contribution >= 4 is 11.6 Å². The third-order valence-corrected chi connectivity index (χ3v) is 3.68. The lowest BCUT2D eigenvalue weighted by atomic mass is 10.2. The van der Waals surface area contributed by atoms with Gasteiger partial charge in [-0.05, 0) is 49.6 Å². The molecule has 0 saturated heterocycles. The molecule has 0 aliphatic rings. The quantitative estimate of drug-likeness (QED) is 0.657. The second-order valence-electron chi connectivity index (χ2n) is 7.14. The Labute approximate surface area is 162 Å². The molecule has 5 heteroatoms. The molecule has 2 rings (SSSR count). The summed E-state index contributed by atoms with van der Waals surface area (Å²) in [4.78, 5) is 12.1. The molecule has 0 spiro atoms. The lowest BCUT2D eigenvalue weighted by Crippen LogP contribution is -2.29. The molecule has 0 atom stereocenters. The Balaban J connectivity index is 1.79. The fraction of sp³-hybridized carbons (Fsp3) is 0.409. The highest BCUT2D eigenvalue weighted by molar-refractivity contribution is 5.81. The van der Waals surface area contributed by atoms with Crippen LogP contribution in [0.5, 0.6) is 11.5 Å². The number of hydrogen-bond donors (Lipinski definition) is 2. The predicted molar refractivity (Wildman–Crippen MR) is 109 cm³/mol. The first-order valence-electron chi connectivity index (χ1n) is 9.42. The summed E-state index contributed by atoms with van der Waals surface area (Å²) in [6.07, 6.45) is 0.147. The lowest BCUT2D eigenvalue weighted by Gasteiger charge is -2.14. The van der Waals surface area contributed by atoms with Crippen LogP contribution in [0.1, 0.15) is 33.3 Å². The molecule has 0 heterocycles. The van der Waals surface area contributed by atoms with E-state index in [1.54, 1.807) is 0 Å². The largest absolute Gasteiger partial charge is 0.491 e. The van der Waals surface area contributed by atoms with Crippen LogP contribution in [0.3, 0.4) is 0 Å². The first-order chi connectivity index (χ1) is 12.9. The van der Waals surface area contributed by atoms with Gasteiger partial charge >= 0.3 is 0 Å². The first-order valence-corrected chi connectivity index (χ1v) is 9.42. The summed E-state index contributed by atoms with van der Waals surface area (Å²) in [6, 6.07) is 15.4. The number of carbonyl (C=O) groups is 1. The second kappa shape index (κ2) is 10.5. The zero-order valence-electron chi connectivity index (χ0n) is 16.6. The highest BCUT2D eigenvalue weighted by atomic mass is 16.5. The van der Waals surface area contributed by atoms with Crippen LogP contribution in [0.15, 0.2) is 48.5 Å². The zero-order chi connectivity index (χ0) is 19.6. The minimum absolute atomic E-state index is 0.0730. The number of para-hydroxylation sites is 2. The maximum absolute atomic E-state index is 12.1. The van der Waals surface area contributed by atoms with Gasteiger partial charge in [-0.2, -0.15) is 0 Å². The number of carbonyl (C=O) groups excluding carboxylic acids is 1. The van der Waals surface area contributed by atoms with E-state index >= 15 is 0 Å². The first kappa shape index (κ1) is 20.6. The van der Waals surface area contributed by atoms with Crippen LogP contribution in [0.2, 0.25) is 0 Å². The summed E-state index contributed by atoms with van der Waals surface area (Å²) < 4.78 is 11.4. The molecule has 0 saturated carbocycles. The van der Waals surface area contributed by atoms with Gasteiger partial charge in [0, 0.05) is 6.54 Å². The molecule has 0 aliphatic heterocycles. The summed E-state index contributed by atoms with van der Waals surface area (Å²) >= 11 is 0. The van der Waals surface area contributed by atoms with E-state index in [0.29, 0.717) is 19.1 Å². The fourth-order valence-corrected chi connectivity index (χ4v) is 2.39. The number of anilines is 1. The standard InChI is InChI=1S/C22H30N2O3/c1-16(2)15-26-21-8-6-5-7-20(21)23-14-22(25)24-13-18-9-11-19(12-10-18)27-17(3)4/h5-12,16-17,23H,13-15H2,1-4H3,(H,24,25). The van der Waals surface area contributed by atoms with Crippen molar-refractivity contribution in [3.8, 4) is 11.5 Å². The van der Waals surface area contributed by atoms with Crippen LogP contribution >= 0.6 is 0 Å². The summed E-state index contributed by atoms with van der Waals surface area (Å²) in [7, 11) is 0. The van der Waals surface area contributed by atoms with Crippen molar-refractivity contribution in [2.75, 3.05) is 18.5 Å². The second-order valence-corrected chi connectivity index (χ2v) is 7.14. The van der Waals surface area contributed by atoms with Gasteiger partial charge in [0.05, 0.1) is 24.9 Å². The van der Waals surface area contributed by atoms with E-state index in [4.69, 9.17) is 9.47 Å². The van der Waals surface area contributed by atoms with Crippen LogP contribution in [-0.2, 0) is 11.3 Å². The Hall–Kier alpha value is -2.69. The van der Waals surface area contributed by atoms with Crippen LogP contribution in [0.4, 0.5) is 5.69 Å². The van der Waals surface area contributed by atoms with E-state index in [0.717, 1.165) is 22.7 Å². The highest BCUT2D eigenvalue weighted by Gasteiger charge is 2.07. The number of benzene rings is 2. The molecular formula is C22H30N2O3. The summed E-state index contributed by atoms with van der Waals surface area (Å²) in [5, 5.41) is 6.06. The van der Waals surface area contributed by atoms with Crippen LogP contribution in [-0.4, -0.2) is 25.2 Å². The van der Waals surface area contributed by atoms with Gasteiger partial charge in [0.25, 0.3) is 0 Å². The molecule has 2 aromatic rings. The number of amides is 1. The fourth-order valence-electron chi connectivity index (χ4n) is 2.39. The van der Waals surface area contributed by atoms with Gasteiger partial charge in [0.15, 0.2) is 0 Å². The zero-order valence-corrected chi connectivity index (χ0v) is 16.6. The molecule has 0 aliphatic carbocycles. The van der Waals surface area contributed by atoms with Gasteiger partial charge in [-0.3, -0.25) is 4.79 Å². The summed E-state index contributed by atoms with van der Waals surface area (Å²) in [5.74, 6) is 1.97. The topological polar surface area (TPSA) is 59.6 Å². The van der Waals surface area contributed by atoms with Crippen molar-refractivity contribution in [1.82, 2.24) is 5.32 Å². The Bertz CT molecular complexity index is 712. The van der Waals surface area contributed by atoms with Gasteiger partial charge < -0.3 is 20.1 Å². The number of rotatable bonds is 10. The van der Waals surface area contributed by atoms with E-state index < -0.39 is 0 Å². The Morgan fingerprint density at radius 1 is 1.00 bits per heavy atom. The average Bonchev–Trinajstić information content (AvgIpc) is 2.64. The Kier molecular flexibility index (Phi) is 7.99. The Morgan fingerprint density at radius 3 is 2.37 bits per heavy atom. The van der Waals surface area contributed by atoms with E-state index in [2.05, 4.69) is 24.5 Å². The predicted octanol–water partition coefficient (Wildman–Crippen LogP) is 4.24. The van der Waals surface area contributed by atoms with Gasteiger partial charge in [-0.1, -0.05) is 38.1 Å². The number of ether oxygens (including phenoxy) is 2. The van der Waals surface area contributed by atoms with Crippen molar-refractivity contribution in [1.29, 1.82) is 0 Å². The molecule has 5 nitrogen and oxygen atoms in total. The van der Waals surface area contributed by atoms with E-state index in [1.807, 2.05) is 62.4 Å². The van der Waals surface area contributed by atoms with Crippen molar-refractivity contribution in [2.45, 2.75) is 40.3 Å². The third kappa shape index (κ3) is 7.60. The molecule has 2 N–H and O–H groups in total. The van der Waals surface area contributed by atoms with Gasteiger partial charge in [-0.25, -0.2) is 0 Å². The van der Waals surface area contributed by atoms with Crippen LogP contribution in [0.25, 0.3) is 0 Å². The lowest BCUT2D eigenvalue weighted by molar-refractivity contribution is -0.119. The number of hydrogen-bond acceptors (Lipinski definition) is 4. The molecule has 146 valence electrons. The molecule has 0 unspecified atom stereocenters. The normalized spacial score (nSPS) is 10.7. The summed E-state index contributed by atoms with van der Waals surface area (Å²) in [5.41, 5.74) is 1.85. The third-order valence-electron chi connectivity index (χ3n) is 3.68. The smallest absolute Gasteiger partial charge is 0.239 e. The molecule has 0 fully saturated rings. The summed E-state index contributed by atoms with van der Waals surface area (Å²) in [6.45, 7) is 9.50.